The van der Waals surface area contributed by atoms with Gasteiger partial charge in [0.25, 0.3) is 0 Å². The number of rotatable bonds is 5. The molecule has 1 fully saturated rings. The standard InChI is InChI=1S/C13H18N2O2/c14-11-5-3-10(4-6-11)12(16)8-15-13(17)7-9-1-2-9/h3-6,9,12,16H,1-2,7-8,14H2,(H,15,17). The molecule has 1 amide bonds. The van der Waals surface area contributed by atoms with Crippen LogP contribution in [0.25, 0.3) is 0 Å². The van der Waals surface area contributed by atoms with Crippen molar-refractivity contribution in [2.45, 2.75) is 25.4 Å². The molecule has 0 aromatic heterocycles. The van der Waals surface area contributed by atoms with Crippen molar-refractivity contribution < 1.29 is 9.90 Å². The molecule has 0 bridgehead atoms. The van der Waals surface area contributed by atoms with E-state index in [2.05, 4.69) is 5.32 Å². The number of carbonyl (C=O) groups excluding carboxylic acids is 1. The summed E-state index contributed by atoms with van der Waals surface area (Å²) in [7, 11) is 0. The van der Waals surface area contributed by atoms with Gasteiger partial charge in [0.2, 0.25) is 5.91 Å². The summed E-state index contributed by atoms with van der Waals surface area (Å²) in [6, 6.07) is 7.02. The minimum atomic E-state index is -0.668. The Morgan fingerprint density at radius 3 is 2.65 bits per heavy atom. The molecule has 92 valence electrons. The van der Waals surface area contributed by atoms with Crippen molar-refractivity contribution >= 4 is 11.6 Å². The maximum absolute atomic E-state index is 11.4. The van der Waals surface area contributed by atoms with Crippen LogP contribution in [0.4, 0.5) is 5.69 Å². The van der Waals surface area contributed by atoms with Gasteiger partial charge in [0, 0.05) is 18.7 Å². The quantitative estimate of drug-likeness (QED) is 0.670. The highest BCUT2D eigenvalue weighted by Crippen LogP contribution is 2.32. The van der Waals surface area contributed by atoms with Crippen LogP contribution in [0, 0.1) is 5.92 Å². The second-order valence-corrected chi connectivity index (χ2v) is 4.63. The SMILES string of the molecule is Nc1ccc(C(O)CNC(=O)CC2CC2)cc1. The number of nitrogens with two attached hydrogens (primary N) is 1. The number of nitrogens with one attached hydrogen (secondary N) is 1. The Bertz CT molecular complexity index is 385. The van der Waals surface area contributed by atoms with E-state index < -0.39 is 6.10 Å². The molecular formula is C13H18N2O2. The van der Waals surface area contributed by atoms with Gasteiger partial charge in [-0.1, -0.05) is 12.1 Å². The normalized spacial score (nSPS) is 16.5. The van der Waals surface area contributed by atoms with Crippen molar-refractivity contribution in [3.8, 4) is 0 Å². The molecule has 1 atom stereocenters. The van der Waals surface area contributed by atoms with E-state index in [0.29, 0.717) is 18.0 Å². The van der Waals surface area contributed by atoms with Gasteiger partial charge in [-0.15, -0.1) is 0 Å². The maximum Gasteiger partial charge on any atom is 0.220 e. The number of nitrogen functional groups attached to an aromatic ring is 1. The van der Waals surface area contributed by atoms with Gasteiger partial charge in [-0.3, -0.25) is 4.79 Å². The van der Waals surface area contributed by atoms with Crippen molar-refractivity contribution in [2.24, 2.45) is 5.92 Å². The number of aliphatic hydroxyl groups is 1. The van der Waals surface area contributed by atoms with Gasteiger partial charge in [0.05, 0.1) is 6.10 Å². The molecular weight excluding hydrogens is 216 g/mol. The summed E-state index contributed by atoms with van der Waals surface area (Å²) in [6.45, 7) is 0.259. The summed E-state index contributed by atoms with van der Waals surface area (Å²) >= 11 is 0. The molecule has 4 N–H and O–H groups in total. The fraction of sp³-hybridized carbons (Fsp3) is 0.462. The van der Waals surface area contributed by atoms with E-state index in [9.17, 15) is 9.90 Å². The molecule has 4 heteroatoms. The first-order chi connectivity index (χ1) is 8.15. The number of carbonyl (C=O) groups is 1. The molecule has 0 saturated heterocycles. The lowest BCUT2D eigenvalue weighted by atomic mass is 10.1. The first-order valence-electron chi connectivity index (χ1n) is 5.95. The monoisotopic (exact) mass is 234 g/mol. The van der Waals surface area contributed by atoms with Crippen molar-refractivity contribution in [1.82, 2.24) is 5.32 Å². The molecule has 1 aromatic rings. The lowest BCUT2D eigenvalue weighted by Crippen LogP contribution is -2.28. The van der Waals surface area contributed by atoms with E-state index in [1.807, 2.05) is 0 Å². The molecule has 0 radical (unpaired) electrons. The van der Waals surface area contributed by atoms with E-state index in [0.717, 1.165) is 18.4 Å². The average Bonchev–Trinajstić information content (AvgIpc) is 3.11. The Morgan fingerprint density at radius 1 is 1.41 bits per heavy atom. The zero-order chi connectivity index (χ0) is 12.3. The third kappa shape index (κ3) is 3.75. The topological polar surface area (TPSA) is 75.3 Å². The Balaban J connectivity index is 1.77. The van der Waals surface area contributed by atoms with Crippen molar-refractivity contribution in [3.63, 3.8) is 0 Å². The fourth-order valence-corrected chi connectivity index (χ4v) is 1.70. The molecule has 4 nitrogen and oxygen atoms in total. The Kier molecular flexibility index (Phi) is 3.64. The van der Waals surface area contributed by atoms with E-state index in [1.165, 1.54) is 0 Å². The van der Waals surface area contributed by atoms with E-state index in [4.69, 9.17) is 5.73 Å². The van der Waals surface area contributed by atoms with Crippen LogP contribution in [0.15, 0.2) is 24.3 Å². The second kappa shape index (κ2) is 5.19. The van der Waals surface area contributed by atoms with Gasteiger partial charge in [-0.25, -0.2) is 0 Å². The Hall–Kier alpha value is -1.55. The average molecular weight is 234 g/mol. The van der Waals surface area contributed by atoms with Gasteiger partial charge in [-0.2, -0.15) is 0 Å². The van der Waals surface area contributed by atoms with E-state index in [1.54, 1.807) is 24.3 Å². The number of amides is 1. The minimum absolute atomic E-state index is 0.0296. The van der Waals surface area contributed by atoms with Gasteiger partial charge < -0.3 is 16.2 Å². The smallest absolute Gasteiger partial charge is 0.220 e. The van der Waals surface area contributed by atoms with E-state index >= 15 is 0 Å². The molecule has 1 saturated carbocycles. The predicted molar refractivity (Wildman–Crippen MR) is 66.2 cm³/mol. The van der Waals surface area contributed by atoms with Crippen LogP contribution in [-0.4, -0.2) is 17.6 Å². The van der Waals surface area contributed by atoms with Crippen molar-refractivity contribution in [1.29, 1.82) is 0 Å². The highest BCUT2D eigenvalue weighted by molar-refractivity contribution is 5.76. The van der Waals surface area contributed by atoms with Crippen molar-refractivity contribution in [3.05, 3.63) is 29.8 Å². The summed E-state index contributed by atoms with van der Waals surface area (Å²) in [5.74, 6) is 0.602. The molecule has 1 aliphatic rings. The maximum atomic E-state index is 11.4. The lowest BCUT2D eigenvalue weighted by molar-refractivity contribution is -0.121. The Labute approximate surface area is 101 Å². The van der Waals surface area contributed by atoms with Gasteiger partial charge in [-0.05, 0) is 36.5 Å². The van der Waals surface area contributed by atoms with Gasteiger partial charge in [0.1, 0.15) is 0 Å². The molecule has 0 spiro atoms. The molecule has 0 aliphatic heterocycles. The van der Waals surface area contributed by atoms with Crippen LogP contribution in [0.2, 0.25) is 0 Å². The first kappa shape index (κ1) is 11.9. The highest BCUT2D eigenvalue weighted by atomic mass is 16.3. The van der Waals surface area contributed by atoms with Gasteiger partial charge >= 0.3 is 0 Å². The van der Waals surface area contributed by atoms with Gasteiger partial charge in [0.15, 0.2) is 0 Å². The first-order valence-corrected chi connectivity index (χ1v) is 5.95. The van der Waals surface area contributed by atoms with Crippen molar-refractivity contribution in [2.75, 3.05) is 12.3 Å². The second-order valence-electron chi connectivity index (χ2n) is 4.63. The van der Waals surface area contributed by atoms with Crippen LogP contribution < -0.4 is 11.1 Å². The van der Waals surface area contributed by atoms with Crippen LogP contribution in [0.3, 0.4) is 0 Å². The molecule has 17 heavy (non-hydrogen) atoms. The van der Waals surface area contributed by atoms with Crippen LogP contribution >= 0.6 is 0 Å². The summed E-state index contributed by atoms with van der Waals surface area (Å²) in [4.78, 5) is 11.4. The fourth-order valence-electron chi connectivity index (χ4n) is 1.70. The molecule has 1 aromatic carbocycles. The van der Waals surface area contributed by atoms with Crippen LogP contribution in [0.1, 0.15) is 30.9 Å². The predicted octanol–water partition coefficient (Wildman–Crippen LogP) is 1.22. The third-order valence-corrected chi connectivity index (χ3v) is 2.98. The molecule has 1 unspecified atom stereocenters. The zero-order valence-electron chi connectivity index (χ0n) is 9.73. The Morgan fingerprint density at radius 2 is 2.06 bits per heavy atom. The van der Waals surface area contributed by atoms with E-state index in [-0.39, 0.29) is 12.5 Å². The largest absolute Gasteiger partial charge is 0.399 e. The lowest BCUT2D eigenvalue weighted by Gasteiger charge is -2.12. The molecule has 2 rings (SSSR count). The number of anilines is 1. The number of hydrogen-bond acceptors (Lipinski definition) is 3. The zero-order valence-corrected chi connectivity index (χ0v) is 9.73. The third-order valence-electron chi connectivity index (χ3n) is 2.98. The summed E-state index contributed by atoms with van der Waals surface area (Å²) in [5, 5.41) is 12.6. The van der Waals surface area contributed by atoms with Crippen LogP contribution in [-0.2, 0) is 4.79 Å². The number of aliphatic hydroxyl groups excluding tert-OH is 1. The number of benzene rings is 1. The number of hydrogen-bond donors (Lipinski definition) is 3. The minimum Gasteiger partial charge on any atom is -0.399 e. The molecule has 0 heterocycles. The highest BCUT2D eigenvalue weighted by Gasteiger charge is 2.24. The summed E-state index contributed by atoms with van der Waals surface area (Å²) < 4.78 is 0. The molecule has 1 aliphatic carbocycles. The summed E-state index contributed by atoms with van der Waals surface area (Å²) in [6.07, 6.45) is 2.25. The van der Waals surface area contributed by atoms with Crippen LogP contribution in [0.5, 0.6) is 0 Å². The summed E-state index contributed by atoms with van der Waals surface area (Å²) in [5.41, 5.74) is 6.99.